The van der Waals surface area contributed by atoms with Crippen LogP contribution in [-0.4, -0.2) is 11.7 Å². The van der Waals surface area contributed by atoms with Gasteiger partial charge in [-0.2, -0.15) is 0 Å². The van der Waals surface area contributed by atoms with Crippen LogP contribution in [0, 0.1) is 0 Å². The highest BCUT2D eigenvalue weighted by Gasteiger charge is 2.18. The highest BCUT2D eigenvalue weighted by atomic mass is 16.1. The van der Waals surface area contributed by atoms with E-state index in [1.807, 2.05) is 85.8 Å². The molecule has 148 valence electrons. The number of nitrogens with one attached hydrogen (secondary N) is 2. The molecule has 4 heteroatoms. The first-order chi connectivity index (χ1) is 14.6. The molecule has 1 aliphatic carbocycles. The van der Waals surface area contributed by atoms with E-state index in [0.29, 0.717) is 16.8 Å². The van der Waals surface area contributed by atoms with Crippen LogP contribution in [0.4, 0.5) is 5.69 Å². The van der Waals surface area contributed by atoms with Crippen molar-refractivity contribution in [3.8, 4) is 0 Å². The summed E-state index contributed by atoms with van der Waals surface area (Å²) in [5.41, 5.74) is 4.63. The standard InChI is InChI=1S/C26H22N2O2/c1-18(19-9-3-2-4-10-19)28-26(30)22-13-7-8-14-24(22)27-17-23-21-12-6-5-11-20(21)15-16-25(23)29/h2-18,27H,1H3,(H,28,30)/b23-17-/t18-/m0/s1. The van der Waals surface area contributed by atoms with Crippen LogP contribution in [0.3, 0.4) is 0 Å². The van der Waals surface area contributed by atoms with Crippen molar-refractivity contribution < 1.29 is 9.59 Å². The van der Waals surface area contributed by atoms with E-state index in [4.69, 9.17) is 0 Å². The lowest BCUT2D eigenvalue weighted by Crippen LogP contribution is -2.27. The third-order valence-electron chi connectivity index (χ3n) is 5.12. The molecular formula is C26H22N2O2. The highest BCUT2D eigenvalue weighted by molar-refractivity contribution is 6.30. The van der Waals surface area contributed by atoms with Gasteiger partial charge in [0, 0.05) is 11.8 Å². The predicted octanol–water partition coefficient (Wildman–Crippen LogP) is 5.23. The normalized spacial score (nSPS) is 14.8. The molecule has 4 rings (SSSR count). The highest BCUT2D eigenvalue weighted by Crippen LogP contribution is 2.27. The van der Waals surface area contributed by atoms with Gasteiger partial charge in [-0.3, -0.25) is 9.59 Å². The quantitative estimate of drug-likeness (QED) is 0.583. The van der Waals surface area contributed by atoms with Gasteiger partial charge in [0.25, 0.3) is 5.91 Å². The number of allylic oxidation sites excluding steroid dienone is 2. The molecule has 4 nitrogen and oxygen atoms in total. The van der Waals surface area contributed by atoms with Crippen LogP contribution in [0.1, 0.15) is 40.0 Å². The zero-order chi connectivity index (χ0) is 20.9. The summed E-state index contributed by atoms with van der Waals surface area (Å²) in [6.07, 6.45) is 5.06. The Bertz CT molecular complexity index is 1150. The molecule has 0 spiro atoms. The van der Waals surface area contributed by atoms with Crippen molar-refractivity contribution >= 4 is 29.0 Å². The molecule has 0 bridgehead atoms. The Morgan fingerprint density at radius 3 is 2.40 bits per heavy atom. The molecule has 3 aromatic carbocycles. The number of rotatable bonds is 5. The molecule has 0 radical (unpaired) electrons. The minimum Gasteiger partial charge on any atom is -0.360 e. The van der Waals surface area contributed by atoms with Crippen LogP contribution in [0.2, 0.25) is 0 Å². The second kappa shape index (κ2) is 8.62. The Morgan fingerprint density at radius 1 is 0.867 bits per heavy atom. The van der Waals surface area contributed by atoms with Crippen LogP contribution in [0.15, 0.2) is 91.1 Å². The zero-order valence-corrected chi connectivity index (χ0v) is 16.6. The number of anilines is 1. The minimum absolute atomic E-state index is 0.0687. The van der Waals surface area contributed by atoms with Gasteiger partial charge in [-0.15, -0.1) is 0 Å². The molecule has 0 fully saturated rings. The van der Waals surface area contributed by atoms with Crippen molar-refractivity contribution in [2.75, 3.05) is 5.32 Å². The van der Waals surface area contributed by atoms with E-state index < -0.39 is 0 Å². The number of hydrogen-bond acceptors (Lipinski definition) is 3. The van der Waals surface area contributed by atoms with Crippen molar-refractivity contribution in [3.05, 3.63) is 113 Å². The minimum atomic E-state index is -0.178. The number of carbonyl (C=O) groups excluding carboxylic acids is 2. The summed E-state index contributed by atoms with van der Waals surface area (Å²) in [5.74, 6) is -0.246. The summed E-state index contributed by atoms with van der Waals surface area (Å²) in [4.78, 5) is 25.3. The summed E-state index contributed by atoms with van der Waals surface area (Å²) in [7, 11) is 0. The van der Waals surface area contributed by atoms with Gasteiger partial charge in [-0.05, 0) is 41.8 Å². The molecule has 0 saturated carbocycles. The van der Waals surface area contributed by atoms with E-state index in [9.17, 15) is 9.59 Å². The average Bonchev–Trinajstić information content (AvgIpc) is 2.79. The van der Waals surface area contributed by atoms with Gasteiger partial charge in [0.1, 0.15) is 0 Å². The van der Waals surface area contributed by atoms with Crippen LogP contribution in [0.5, 0.6) is 0 Å². The molecule has 3 aromatic rings. The van der Waals surface area contributed by atoms with Gasteiger partial charge in [0.15, 0.2) is 5.78 Å². The third-order valence-corrected chi connectivity index (χ3v) is 5.12. The largest absolute Gasteiger partial charge is 0.360 e. The van der Waals surface area contributed by atoms with Gasteiger partial charge >= 0.3 is 0 Å². The molecule has 0 saturated heterocycles. The summed E-state index contributed by atoms with van der Waals surface area (Å²) < 4.78 is 0. The first kappa shape index (κ1) is 19.4. The van der Waals surface area contributed by atoms with Crippen LogP contribution < -0.4 is 10.6 Å². The molecule has 2 N–H and O–H groups in total. The van der Waals surface area contributed by atoms with Crippen molar-refractivity contribution in [1.29, 1.82) is 0 Å². The van der Waals surface area contributed by atoms with Gasteiger partial charge in [0.2, 0.25) is 0 Å². The number of benzene rings is 3. The molecule has 1 atom stereocenters. The van der Waals surface area contributed by atoms with Gasteiger partial charge < -0.3 is 10.6 Å². The summed E-state index contributed by atoms with van der Waals surface area (Å²) >= 11 is 0. The Kier molecular flexibility index (Phi) is 5.57. The lowest BCUT2D eigenvalue weighted by Gasteiger charge is -2.17. The fraction of sp³-hybridized carbons (Fsp3) is 0.0769. The Hall–Kier alpha value is -3.92. The Labute approximate surface area is 176 Å². The SMILES string of the molecule is C[C@H](NC(=O)c1ccccc1N/C=C1\C(=O)C=Cc2ccccc21)c1ccccc1. The summed E-state index contributed by atoms with van der Waals surface area (Å²) in [6, 6.07) is 24.7. The first-order valence-electron chi connectivity index (χ1n) is 9.87. The molecular weight excluding hydrogens is 372 g/mol. The zero-order valence-electron chi connectivity index (χ0n) is 16.6. The van der Waals surface area contributed by atoms with E-state index >= 15 is 0 Å². The number of carbonyl (C=O) groups is 2. The number of amides is 1. The van der Waals surface area contributed by atoms with Gasteiger partial charge in [0.05, 0.1) is 17.3 Å². The smallest absolute Gasteiger partial charge is 0.253 e. The number of fused-ring (bicyclic) bond motifs is 1. The van der Waals surface area contributed by atoms with Crippen LogP contribution in [-0.2, 0) is 4.79 Å². The molecule has 0 aromatic heterocycles. The van der Waals surface area contributed by atoms with Crippen molar-refractivity contribution in [2.24, 2.45) is 0 Å². The fourth-order valence-electron chi connectivity index (χ4n) is 3.48. The van der Waals surface area contributed by atoms with Crippen molar-refractivity contribution in [3.63, 3.8) is 0 Å². The molecule has 30 heavy (non-hydrogen) atoms. The first-order valence-corrected chi connectivity index (χ1v) is 9.87. The second-order valence-corrected chi connectivity index (χ2v) is 7.14. The molecule has 0 aliphatic heterocycles. The fourth-order valence-corrected chi connectivity index (χ4v) is 3.48. The van der Waals surface area contributed by atoms with E-state index in [-0.39, 0.29) is 17.7 Å². The number of para-hydroxylation sites is 1. The van der Waals surface area contributed by atoms with Crippen molar-refractivity contribution in [2.45, 2.75) is 13.0 Å². The molecule has 0 unspecified atom stereocenters. The Balaban J connectivity index is 1.57. The van der Waals surface area contributed by atoms with Crippen LogP contribution >= 0.6 is 0 Å². The maximum Gasteiger partial charge on any atom is 0.253 e. The molecule has 0 heterocycles. The lowest BCUT2D eigenvalue weighted by molar-refractivity contribution is -0.109. The van der Waals surface area contributed by atoms with Crippen molar-refractivity contribution in [1.82, 2.24) is 5.32 Å². The summed E-state index contributed by atoms with van der Waals surface area (Å²) in [6.45, 7) is 1.95. The van der Waals surface area contributed by atoms with Gasteiger partial charge in [-0.1, -0.05) is 72.8 Å². The topological polar surface area (TPSA) is 58.2 Å². The van der Waals surface area contributed by atoms with E-state index in [1.165, 1.54) is 0 Å². The predicted molar refractivity (Wildman–Crippen MR) is 121 cm³/mol. The maximum atomic E-state index is 12.9. The lowest BCUT2D eigenvalue weighted by atomic mass is 9.92. The molecule has 1 aliphatic rings. The maximum absolute atomic E-state index is 12.9. The summed E-state index contributed by atoms with van der Waals surface area (Å²) in [5, 5.41) is 6.21. The van der Waals surface area contributed by atoms with Gasteiger partial charge in [-0.25, -0.2) is 0 Å². The van der Waals surface area contributed by atoms with E-state index in [2.05, 4.69) is 10.6 Å². The average molecular weight is 394 g/mol. The van der Waals surface area contributed by atoms with Crippen LogP contribution in [0.25, 0.3) is 11.6 Å². The molecule has 1 amide bonds. The number of ketones is 1. The third kappa shape index (κ3) is 4.08. The number of hydrogen-bond donors (Lipinski definition) is 2. The van der Waals surface area contributed by atoms with E-state index in [0.717, 1.165) is 16.7 Å². The second-order valence-electron chi connectivity index (χ2n) is 7.14. The Morgan fingerprint density at radius 2 is 1.57 bits per heavy atom. The van der Waals surface area contributed by atoms with E-state index in [1.54, 1.807) is 18.3 Å². The monoisotopic (exact) mass is 394 g/mol.